The van der Waals surface area contributed by atoms with E-state index in [4.69, 9.17) is 11.1 Å². The van der Waals surface area contributed by atoms with E-state index < -0.39 is 10.0 Å². The van der Waals surface area contributed by atoms with E-state index in [2.05, 4.69) is 26.3 Å². The molecule has 0 radical (unpaired) electrons. The van der Waals surface area contributed by atoms with E-state index in [0.717, 1.165) is 0 Å². The molecule has 21 heavy (non-hydrogen) atoms. The summed E-state index contributed by atoms with van der Waals surface area (Å²) in [4.78, 5) is 3.94. The molecule has 9 heteroatoms. The van der Waals surface area contributed by atoms with Gasteiger partial charge >= 0.3 is 0 Å². The molecule has 1 heterocycles. The number of hydrogen-bond acceptors (Lipinski definition) is 6. The normalized spacial score (nSPS) is 11.7. The maximum Gasteiger partial charge on any atom is 0.246 e. The third-order valence-corrected chi connectivity index (χ3v) is 4.93. The SMILES string of the molecule is CC(C)CN(CCC#N)S(=O)(=O)c1cc(Br)cnc1NN. The molecule has 0 fully saturated rings. The Labute approximate surface area is 133 Å². The van der Waals surface area contributed by atoms with Crippen LogP contribution in [0.15, 0.2) is 21.6 Å². The molecule has 116 valence electrons. The van der Waals surface area contributed by atoms with Crippen LogP contribution in [0.4, 0.5) is 5.82 Å². The zero-order valence-corrected chi connectivity index (χ0v) is 14.3. The summed E-state index contributed by atoms with van der Waals surface area (Å²) in [6.45, 7) is 4.28. The molecule has 3 N–H and O–H groups in total. The van der Waals surface area contributed by atoms with Gasteiger partial charge < -0.3 is 5.43 Å². The summed E-state index contributed by atoms with van der Waals surface area (Å²) >= 11 is 3.20. The molecule has 0 aliphatic heterocycles. The molecule has 0 atom stereocenters. The van der Waals surface area contributed by atoms with Crippen molar-refractivity contribution in [2.24, 2.45) is 11.8 Å². The minimum atomic E-state index is -3.79. The third kappa shape index (κ3) is 4.64. The number of aromatic nitrogens is 1. The molecule has 1 rings (SSSR count). The highest BCUT2D eigenvalue weighted by molar-refractivity contribution is 9.10. The molecule has 0 spiro atoms. The number of nitrogen functional groups attached to an aromatic ring is 1. The summed E-state index contributed by atoms with van der Waals surface area (Å²) < 4.78 is 27.3. The average molecular weight is 376 g/mol. The standard InChI is InChI=1S/C12H18BrN5O2S/c1-9(2)8-18(5-3-4-14)21(19,20)11-6-10(13)7-16-12(11)17-15/h6-7,9H,3,5,8,15H2,1-2H3,(H,16,17). The second kappa shape index (κ2) is 7.70. The number of halogens is 1. The predicted octanol–water partition coefficient (Wildman–Crippen LogP) is 1.69. The molecule has 7 nitrogen and oxygen atoms in total. The molecule has 0 saturated heterocycles. The van der Waals surface area contributed by atoms with Crippen LogP contribution in [0, 0.1) is 17.2 Å². The molecule has 0 bridgehead atoms. The van der Waals surface area contributed by atoms with E-state index >= 15 is 0 Å². The van der Waals surface area contributed by atoms with Crippen molar-refractivity contribution in [2.45, 2.75) is 25.2 Å². The number of nitriles is 1. The zero-order chi connectivity index (χ0) is 16.0. The van der Waals surface area contributed by atoms with Crippen LogP contribution in [0.1, 0.15) is 20.3 Å². The highest BCUT2D eigenvalue weighted by Gasteiger charge is 2.28. The van der Waals surface area contributed by atoms with Gasteiger partial charge in [0.1, 0.15) is 4.90 Å². The van der Waals surface area contributed by atoms with E-state index in [0.29, 0.717) is 11.0 Å². The van der Waals surface area contributed by atoms with Gasteiger partial charge in [0, 0.05) is 30.2 Å². The minimum Gasteiger partial charge on any atom is -0.307 e. The van der Waals surface area contributed by atoms with Crippen molar-refractivity contribution in [2.75, 3.05) is 18.5 Å². The fraction of sp³-hybridized carbons (Fsp3) is 0.500. The van der Waals surface area contributed by atoms with Gasteiger partial charge in [0.2, 0.25) is 10.0 Å². The van der Waals surface area contributed by atoms with Crippen molar-refractivity contribution >= 4 is 31.8 Å². The van der Waals surface area contributed by atoms with Crippen molar-refractivity contribution in [3.63, 3.8) is 0 Å². The van der Waals surface area contributed by atoms with E-state index in [-0.39, 0.29) is 29.6 Å². The lowest BCUT2D eigenvalue weighted by Crippen LogP contribution is -2.35. The summed E-state index contributed by atoms with van der Waals surface area (Å²) in [5.41, 5.74) is 2.29. The number of pyridine rings is 1. The van der Waals surface area contributed by atoms with Crippen LogP contribution in [-0.4, -0.2) is 30.8 Å². The number of hydrazine groups is 1. The molecular weight excluding hydrogens is 358 g/mol. The number of sulfonamides is 1. The van der Waals surface area contributed by atoms with E-state index in [9.17, 15) is 8.42 Å². The van der Waals surface area contributed by atoms with Crippen LogP contribution in [0.2, 0.25) is 0 Å². The molecule has 0 aliphatic rings. The average Bonchev–Trinajstić information content (AvgIpc) is 2.42. The third-order valence-electron chi connectivity index (χ3n) is 2.62. The Hall–Kier alpha value is -1.21. The van der Waals surface area contributed by atoms with Crippen LogP contribution >= 0.6 is 15.9 Å². The van der Waals surface area contributed by atoms with Gasteiger partial charge in [-0.1, -0.05) is 13.8 Å². The van der Waals surface area contributed by atoms with E-state index in [1.807, 2.05) is 19.9 Å². The fourth-order valence-electron chi connectivity index (χ4n) is 1.76. The number of nitrogens with two attached hydrogens (primary N) is 1. The molecule has 0 aromatic carbocycles. The smallest absolute Gasteiger partial charge is 0.246 e. The predicted molar refractivity (Wildman–Crippen MR) is 83.6 cm³/mol. The Morgan fingerprint density at radius 3 is 2.76 bits per heavy atom. The summed E-state index contributed by atoms with van der Waals surface area (Å²) in [5.74, 6) is 5.54. The van der Waals surface area contributed by atoms with Crippen LogP contribution in [0.3, 0.4) is 0 Å². The van der Waals surface area contributed by atoms with Crippen LogP contribution < -0.4 is 11.3 Å². The van der Waals surface area contributed by atoms with Gasteiger partial charge in [-0.15, -0.1) is 0 Å². The van der Waals surface area contributed by atoms with Gasteiger partial charge in [-0.05, 0) is 27.9 Å². The number of anilines is 1. The number of nitrogens with one attached hydrogen (secondary N) is 1. The van der Waals surface area contributed by atoms with Gasteiger partial charge in [-0.25, -0.2) is 19.2 Å². The number of nitrogens with zero attached hydrogens (tertiary/aromatic N) is 3. The molecule has 1 aromatic heterocycles. The van der Waals surface area contributed by atoms with Gasteiger partial charge in [-0.3, -0.25) is 0 Å². The van der Waals surface area contributed by atoms with Crippen molar-refractivity contribution in [1.82, 2.24) is 9.29 Å². The maximum atomic E-state index is 12.8. The monoisotopic (exact) mass is 375 g/mol. The van der Waals surface area contributed by atoms with E-state index in [1.165, 1.54) is 16.6 Å². The second-order valence-electron chi connectivity index (χ2n) is 4.81. The first-order chi connectivity index (χ1) is 9.82. The van der Waals surface area contributed by atoms with Gasteiger partial charge in [-0.2, -0.15) is 9.57 Å². The maximum absolute atomic E-state index is 12.8. The van der Waals surface area contributed by atoms with Crippen molar-refractivity contribution < 1.29 is 8.42 Å². The van der Waals surface area contributed by atoms with Crippen molar-refractivity contribution in [3.05, 3.63) is 16.7 Å². The molecule has 0 saturated carbocycles. The van der Waals surface area contributed by atoms with Gasteiger partial charge in [0.15, 0.2) is 5.82 Å². The number of hydrogen-bond donors (Lipinski definition) is 2. The molecule has 0 aliphatic carbocycles. The van der Waals surface area contributed by atoms with Crippen molar-refractivity contribution in [3.8, 4) is 6.07 Å². The van der Waals surface area contributed by atoms with E-state index in [1.54, 1.807) is 0 Å². The first-order valence-electron chi connectivity index (χ1n) is 6.32. The lowest BCUT2D eigenvalue weighted by Gasteiger charge is -2.24. The number of rotatable bonds is 7. The molecule has 0 amide bonds. The highest BCUT2D eigenvalue weighted by Crippen LogP contribution is 2.26. The van der Waals surface area contributed by atoms with Crippen molar-refractivity contribution in [1.29, 1.82) is 5.26 Å². The summed E-state index contributed by atoms with van der Waals surface area (Å²) in [7, 11) is -3.79. The Balaban J connectivity index is 3.28. The largest absolute Gasteiger partial charge is 0.307 e. The van der Waals surface area contributed by atoms with Crippen LogP contribution in [0.5, 0.6) is 0 Å². The minimum absolute atomic E-state index is 0.0158. The summed E-state index contributed by atoms with van der Waals surface area (Å²) in [6, 6.07) is 3.41. The molecule has 0 unspecified atom stereocenters. The van der Waals surface area contributed by atoms with Gasteiger partial charge in [0.25, 0.3) is 0 Å². The molecular formula is C12H18BrN5O2S. The topological polar surface area (TPSA) is 112 Å². The Morgan fingerprint density at radius 2 is 2.24 bits per heavy atom. The Bertz CT molecular complexity index is 627. The highest BCUT2D eigenvalue weighted by atomic mass is 79.9. The summed E-state index contributed by atoms with van der Waals surface area (Å²) in [6.07, 6.45) is 1.58. The molecule has 1 aromatic rings. The van der Waals surface area contributed by atoms with Crippen LogP contribution in [0.25, 0.3) is 0 Å². The Kier molecular flexibility index (Phi) is 6.54. The second-order valence-corrected chi connectivity index (χ2v) is 7.63. The van der Waals surface area contributed by atoms with Crippen LogP contribution in [-0.2, 0) is 10.0 Å². The fourth-order valence-corrected chi connectivity index (χ4v) is 3.98. The first-order valence-corrected chi connectivity index (χ1v) is 8.55. The zero-order valence-electron chi connectivity index (χ0n) is 11.9. The Morgan fingerprint density at radius 1 is 1.57 bits per heavy atom. The summed E-state index contributed by atoms with van der Waals surface area (Å²) in [5, 5.41) is 8.71. The lowest BCUT2D eigenvalue weighted by molar-refractivity contribution is 0.373. The quantitative estimate of drug-likeness (QED) is 0.553. The first kappa shape index (κ1) is 17.8. The van der Waals surface area contributed by atoms with Gasteiger partial charge in [0.05, 0.1) is 6.07 Å². The lowest BCUT2D eigenvalue weighted by atomic mass is 10.2.